The van der Waals surface area contributed by atoms with Crippen LogP contribution in [0.4, 0.5) is 0 Å². The van der Waals surface area contributed by atoms with Gasteiger partial charge in [-0.25, -0.2) is 4.79 Å². The summed E-state index contributed by atoms with van der Waals surface area (Å²) < 4.78 is 4.83. The highest BCUT2D eigenvalue weighted by atomic mass is 16.5. The number of fused-ring (bicyclic) bond motifs is 1. The van der Waals surface area contributed by atoms with E-state index < -0.39 is 0 Å². The van der Waals surface area contributed by atoms with Gasteiger partial charge in [0.1, 0.15) is 0 Å². The van der Waals surface area contributed by atoms with Gasteiger partial charge in [-0.1, -0.05) is 26.8 Å². The average molecular weight is 331 g/mol. The fourth-order valence-corrected chi connectivity index (χ4v) is 3.35. The van der Waals surface area contributed by atoms with Crippen LogP contribution in [0.15, 0.2) is 18.2 Å². The molecule has 1 aliphatic rings. The normalized spacial score (nSPS) is 17.5. The van der Waals surface area contributed by atoms with E-state index in [2.05, 4.69) is 20.8 Å². The van der Waals surface area contributed by atoms with Crippen molar-refractivity contribution in [1.82, 2.24) is 4.90 Å². The summed E-state index contributed by atoms with van der Waals surface area (Å²) in [6, 6.07) is 5.78. The molecule has 0 spiro atoms. The number of hydrogen-bond donors (Lipinski definition) is 0. The van der Waals surface area contributed by atoms with E-state index >= 15 is 0 Å². The van der Waals surface area contributed by atoms with E-state index in [9.17, 15) is 9.59 Å². The van der Waals surface area contributed by atoms with Crippen LogP contribution in [-0.4, -0.2) is 30.4 Å². The van der Waals surface area contributed by atoms with Crippen molar-refractivity contribution in [3.8, 4) is 0 Å². The largest absolute Gasteiger partial charge is 0.465 e. The van der Waals surface area contributed by atoms with Gasteiger partial charge in [-0.2, -0.15) is 0 Å². The third-order valence-corrected chi connectivity index (χ3v) is 5.29. The molecule has 1 amide bonds. The van der Waals surface area contributed by atoms with E-state index in [0.29, 0.717) is 30.4 Å². The molecule has 0 aromatic heterocycles. The predicted octanol–water partition coefficient (Wildman–Crippen LogP) is 3.99. The molecule has 2 rings (SSSR count). The Labute approximate surface area is 145 Å². The minimum atomic E-state index is -0.328. The Bertz CT molecular complexity index is 609. The second-order valence-corrected chi connectivity index (χ2v) is 7.06. The van der Waals surface area contributed by atoms with Crippen molar-refractivity contribution in [3.05, 3.63) is 34.9 Å². The Morgan fingerprint density at radius 2 is 2.00 bits per heavy atom. The second-order valence-electron chi connectivity index (χ2n) is 7.06. The molecule has 2 atom stereocenters. The molecule has 0 saturated carbocycles. The zero-order valence-electron chi connectivity index (χ0n) is 15.5. The zero-order chi connectivity index (χ0) is 17.9. The summed E-state index contributed by atoms with van der Waals surface area (Å²) in [5.41, 5.74) is 2.89. The second kappa shape index (κ2) is 7.82. The number of nitrogens with zero attached hydrogens (tertiary/aromatic N) is 1. The first kappa shape index (κ1) is 18.5. The van der Waals surface area contributed by atoms with Crippen LogP contribution in [0.2, 0.25) is 0 Å². The van der Waals surface area contributed by atoms with Gasteiger partial charge in [-0.15, -0.1) is 0 Å². The Balaban J connectivity index is 2.23. The van der Waals surface area contributed by atoms with E-state index in [-0.39, 0.29) is 17.9 Å². The van der Waals surface area contributed by atoms with Crippen LogP contribution < -0.4 is 0 Å². The van der Waals surface area contributed by atoms with E-state index in [0.717, 1.165) is 18.4 Å². The summed E-state index contributed by atoms with van der Waals surface area (Å²) in [5.74, 6) is 0.745. The van der Waals surface area contributed by atoms with Crippen LogP contribution in [0.1, 0.15) is 68.1 Å². The third kappa shape index (κ3) is 3.80. The van der Waals surface area contributed by atoms with Crippen molar-refractivity contribution in [1.29, 1.82) is 0 Å². The first-order valence-electron chi connectivity index (χ1n) is 8.89. The Morgan fingerprint density at radius 3 is 2.58 bits per heavy atom. The number of ether oxygens (including phenoxy) is 1. The minimum absolute atomic E-state index is 0.0708. The number of hydrogen-bond acceptors (Lipinski definition) is 3. The summed E-state index contributed by atoms with van der Waals surface area (Å²) in [7, 11) is 1.39. The summed E-state index contributed by atoms with van der Waals surface area (Å²) >= 11 is 0. The van der Waals surface area contributed by atoms with E-state index in [1.807, 2.05) is 30.0 Å². The quantitative estimate of drug-likeness (QED) is 0.741. The Kier molecular flexibility index (Phi) is 6.03. The number of esters is 1. The number of methoxy groups -OCH3 is 1. The third-order valence-electron chi connectivity index (χ3n) is 5.29. The van der Waals surface area contributed by atoms with Gasteiger partial charge in [-0.05, 0) is 54.9 Å². The zero-order valence-corrected chi connectivity index (χ0v) is 15.5. The standard InChI is InChI=1S/C20H29NO3/c1-6-21(19(22)11-14(4)13(2)3)18-10-9-15-7-8-16(12-17(15)18)20(23)24-5/h7-8,12-14,18H,6,9-11H2,1-5H3/t14?,18-/m1/s1. The average Bonchev–Trinajstić information content (AvgIpc) is 2.97. The fraction of sp³-hybridized carbons (Fsp3) is 0.600. The van der Waals surface area contributed by atoms with Gasteiger partial charge in [-0.3, -0.25) is 4.79 Å². The van der Waals surface area contributed by atoms with E-state index in [1.54, 1.807) is 0 Å². The lowest BCUT2D eigenvalue weighted by Gasteiger charge is -2.30. The van der Waals surface area contributed by atoms with Crippen LogP contribution in [0.3, 0.4) is 0 Å². The van der Waals surface area contributed by atoms with Gasteiger partial charge in [0.25, 0.3) is 0 Å². The van der Waals surface area contributed by atoms with Gasteiger partial charge in [0.05, 0.1) is 18.7 Å². The maximum Gasteiger partial charge on any atom is 0.337 e. The molecule has 0 heterocycles. The van der Waals surface area contributed by atoms with Crippen LogP contribution in [-0.2, 0) is 16.0 Å². The molecule has 0 N–H and O–H groups in total. The van der Waals surface area contributed by atoms with Gasteiger partial charge >= 0.3 is 5.97 Å². The van der Waals surface area contributed by atoms with Crippen LogP contribution >= 0.6 is 0 Å². The van der Waals surface area contributed by atoms with Crippen molar-refractivity contribution < 1.29 is 14.3 Å². The molecule has 0 aliphatic heterocycles. The van der Waals surface area contributed by atoms with Crippen molar-refractivity contribution >= 4 is 11.9 Å². The predicted molar refractivity (Wildman–Crippen MR) is 94.8 cm³/mol. The number of aryl methyl sites for hydroxylation is 1. The molecule has 24 heavy (non-hydrogen) atoms. The van der Waals surface area contributed by atoms with Crippen molar-refractivity contribution in [2.24, 2.45) is 11.8 Å². The van der Waals surface area contributed by atoms with Crippen LogP contribution in [0.25, 0.3) is 0 Å². The molecule has 132 valence electrons. The van der Waals surface area contributed by atoms with Gasteiger partial charge < -0.3 is 9.64 Å². The molecule has 0 fully saturated rings. The van der Waals surface area contributed by atoms with Crippen LogP contribution in [0, 0.1) is 11.8 Å². The summed E-state index contributed by atoms with van der Waals surface area (Å²) in [6.45, 7) is 9.16. The van der Waals surface area contributed by atoms with Gasteiger partial charge in [0.15, 0.2) is 0 Å². The van der Waals surface area contributed by atoms with Gasteiger partial charge in [0.2, 0.25) is 5.91 Å². The number of rotatable bonds is 6. The first-order chi connectivity index (χ1) is 11.4. The first-order valence-corrected chi connectivity index (χ1v) is 8.89. The molecule has 1 unspecified atom stereocenters. The summed E-state index contributed by atoms with van der Waals surface area (Å²) in [5, 5.41) is 0. The number of carbonyl (C=O) groups excluding carboxylic acids is 2. The van der Waals surface area contributed by atoms with E-state index in [4.69, 9.17) is 4.74 Å². The van der Waals surface area contributed by atoms with Crippen molar-refractivity contribution in [2.75, 3.05) is 13.7 Å². The molecule has 0 radical (unpaired) electrons. The molecular weight excluding hydrogens is 302 g/mol. The van der Waals surface area contributed by atoms with Crippen LogP contribution in [0.5, 0.6) is 0 Å². The lowest BCUT2D eigenvalue weighted by atomic mass is 9.93. The molecule has 4 heteroatoms. The maximum absolute atomic E-state index is 12.8. The Morgan fingerprint density at radius 1 is 1.29 bits per heavy atom. The number of benzene rings is 1. The smallest absolute Gasteiger partial charge is 0.337 e. The number of amides is 1. The molecule has 0 saturated heterocycles. The molecule has 1 aromatic carbocycles. The lowest BCUT2D eigenvalue weighted by Crippen LogP contribution is -2.35. The molecule has 1 aromatic rings. The summed E-state index contributed by atoms with van der Waals surface area (Å²) in [4.78, 5) is 26.6. The SMILES string of the molecule is CCN(C(=O)CC(C)C(C)C)[C@@H]1CCc2ccc(C(=O)OC)cc21. The van der Waals surface area contributed by atoms with Crippen molar-refractivity contribution in [2.45, 2.75) is 53.0 Å². The Hall–Kier alpha value is -1.84. The fourth-order valence-electron chi connectivity index (χ4n) is 3.35. The highest BCUT2D eigenvalue weighted by Crippen LogP contribution is 2.37. The van der Waals surface area contributed by atoms with Crippen molar-refractivity contribution in [3.63, 3.8) is 0 Å². The minimum Gasteiger partial charge on any atom is -0.465 e. The molecule has 4 nitrogen and oxygen atoms in total. The number of carbonyl (C=O) groups is 2. The molecular formula is C20H29NO3. The molecule has 1 aliphatic carbocycles. The summed E-state index contributed by atoms with van der Waals surface area (Å²) in [6.07, 6.45) is 2.45. The monoisotopic (exact) mass is 331 g/mol. The maximum atomic E-state index is 12.8. The molecule has 0 bridgehead atoms. The van der Waals surface area contributed by atoms with E-state index in [1.165, 1.54) is 12.7 Å². The van der Waals surface area contributed by atoms with Gasteiger partial charge in [0, 0.05) is 13.0 Å². The highest BCUT2D eigenvalue weighted by molar-refractivity contribution is 5.89. The topological polar surface area (TPSA) is 46.6 Å². The highest BCUT2D eigenvalue weighted by Gasteiger charge is 2.31. The lowest BCUT2D eigenvalue weighted by molar-refractivity contribution is -0.134.